The fraction of sp³-hybridized carbons (Fsp3) is 0.615. The Morgan fingerprint density at radius 2 is 2.24 bits per heavy atom. The van der Waals surface area contributed by atoms with E-state index in [2.05, 4.69) is 23.7 Å². The molecule has 1 atom stereocenters. The van der Waals surface area contributed by atoms with Gasteiger partial charge in [0.15, 0.2) is 0 Å². The lowest BCUT2D eigenvalue weighted by molar-refractivity contribution is 0.117. The summed E-state index contributed by atoms with van der Waals surface area (Å²) in [5.41, 5.74) is 6.70. The van der Waals surface area contributed by atoms with Gasteiger partial charge in [-0.25, -0.2) is 4.98 Å². The summed E-state index contributed by atoms with van der Waals surface area (Å²) in [6.07, 6.45) is 1.12. The minimum Gasteiger partial charge on any atom is -0.384 e. The number of hydrogen-bond acceptors (Lipinski definition) is 4. The maximum atomic E-state index is 5.69. The van der Waals surface area contributed by atoms with Crippen molar-refractivity contribution in [2.24, 2.45) is 0 Å². The van der Waals surface area contributed by atoms with Crippen LogP contribution in [0.4, 0.5) is 5.82 Å². The number of methoxy groups -OCH3 is 1. The molecule has 0 fully saturated rings. The zero-order valence-corrected chi connectivity index (χ0v) is 11.0. The Morgan fingerprint density at radius 1 is 1.47 bits per heavy atom. The number of nitrogens with two attached hydrogens (primary N) is 1. The van der Waals surface area contributed by atoms with Crippen molar-refractivity contribution >= 4 is 5.82 Å². The predicted octanol–water partition coefficient (Wildman–Crippen LogP) is 1.91. The van der Waals surface area contributed by atoms with Crippen LogP contribution in [0.15, 0.2) is 18.2 Å². The molecule has 1 aromatic heterocycles. The fourth-order valence-corrected chi connectivity index (χ4v) is 1.72. The van der Waals surface area contributed by atoms with E-state index in [-0.39, 0.29) is 0 Å². The quantitative estimate of drug-likeness (QED) is 0.787. The average Bonchev–Trinajstić information content (AvgIpc) is 2.33. The standard InChI is InChI=1S/C13H23N3O/c1-4-11(2)16(8-9-17-3)10-12-6-5-7-13(14)15-12/h5-7,11H,4,8-10H2,1-3H3,(H2,14,15). The molecule has 1 heterocycles. The molecule has 96 valence electrons. The van der Waals surface area contributed by atoms with Gasteiger partial charge in [-0.2, -0.15) is 0 Å². The van der Waals surface area contributed by atoms with Crippen LogP contribution >= 0.6 is 0 Å². The van der Waals surface area contributed by atoms with Crippen LogP contribution < -0.4 is 5.73 Å². The minimum atomic E-state index is 0.522. The van der Waals surface area contributed by atoms with Crippen LogP contribution in [0.2, 0.25) is 0 Å². The van der Waals surface area contributed by atoms with Crippen molar-refractivity contribution in [3.8, 4) is 0 Å². The van der Waals surface area contributed by atoms with Gasteiger partial charge >= 0.3 is 0 Å². The van der Waals surface area contributed by atoms with Crippen molar-refractivity contribution in [2.45, 2.75) is 32.9 Å². The number of anilines is 1. The summed E-state index contributed by atoms with van der Waals surface area (Å²) >= 11 is 0. The van der Waals surface area contributed by atoms with Crippen molar-refractivity contribution in [1.29, 1.82) is 0 Å². The monoisotopic (exact) mass is 237 g/mol. The van der Waals surface area contributed by atoms with Gasteiger partial charge in [-0.1, -0.05) is 13.0 Å². The summed E-state index contributed by atoms with van der Waals surface area (Å²) in [6, 6.07) is 6.29. The third-order valence-corrected chi connectivity index (χ3v) is 2.99. The number of rotatable bonds is 7. The third-order valence-electron chi connectivity index (χ3n) is 2.99. The van der Waals surface area contributed by atoms with Crippen LogP contribution in [0.25, 0.3) is 0 Å². The van der Waals surface area contributed by atoms with Gasteiger partial charge in [0.2, 0.25) is 0 Å². The second-order valence-corrected chi connectivity index (χ2v) is 4.27. The van der Waals surface area contributed by atoms with Gasteiger partial charge in [-0.05, 0) is 25.5 Å². The molecule has 0 aliphatic rings. The molecule has 4 nitrogen and oxygen atoms in total. The highest BCUT2D eigenvalue weighted by atomic mass is 16.5. The second-order valence-electron chi connectivity index (χ2n) is 4.27. The van der Waals surface area contributed by atoms with Gasteiger partial charge in [0, 0.05) is 26.2 Å². The zero-order valence-electron chi connectivity index (χ0n) is 11.0. The number of hydrogen-bond donors (Lipinski definition) is 1. The molecule has 4 heteroatoms. The van der Waals surface area contributed by atoms with Crippen molar-refractivity contribution in [2.75, 3.05) is 26.0 Å². The fourth-order valence-electron chi connectivity index (χ4n) is 1.72. The number of nitrogen functional groups attached to an aromatic ring is 1. The van der Waals surface area contributed by atoms with Crippen molar-refractivity contribution in [1.82, 2.24) is 9.88 Å². The van der Waals surface area contributed by atoms with Gasteiger partial charge in [0.25, 0.3) is 0 Å². The maximum Gasteiger partial charge on any atom is 0.123 e. The van der Waals surface area contributed by atoms with E-state index in [1.165, 1.54) is 0 Å². The molecule has 17 heavy (non-hydrogen) atoms. The van der Waals surface area contributed by atoms with Gasteiger partial charge in [-0.15, -0.1) is 0 Å². The van der Waals surface area contributed by atoms with E-state index < -0.39 is 0 Å². The van der Waals surface area contributed by atoms with Crippen LogP contribution in [0.3, 0.4) is 0 Å². The average molecular weight is 237 g/mol. The molecule has 0 saturated carbocycles. The highest BCUT2D eigenvalue weighted by Crippen LogP contribution is 2.10. The molecular weight excluding hydrogens is 214 g/mol. The molecule has 0 aromatic carbocycles. The number of aromatic nitrogens is 1. The Morgan fingerprint density at radius 3 is 2.82 bits per heavy atom. The second kappa shape index (κ2) is 7.25. The first-order valence-electron chi connectivity index (χ1n) is 6.11. The van der Waals surface area contributed by atoms with Gasteiger partial charge in [-0.3, -0.25) is 4.90 Å². The van der Waals surface area contributed by atoms with E-state index in [4.69, 9.17) is 10.5 Å². The smallest absolute Gasteiger partial charge is 0.123 e. The summed E-state index contributed by atoms with van der Waals surface area (Å²) in [5, 5.41) is 0. The predicted molar refractivity (Wildman–Crippen MR) is 70.7 cm³/mol. The zero-order chi connectivity index (χ0) is 12.7. The first-order valence-corrected chi connectivity index (χ1v) is 6.11. The van der Waals surface area contributed by atoms with Crippen molar-refractivity contribution in [3.63, 3.8) is 0 Å². The Labute approximate surface area is 104 Å². The molecule has 0 aliphatic heterocycles. The molecule has 1 rings (SSSR count). The van der Waals surface area contributed by atoms with E-state index in [0.29, 0.717) is 11.9 Å². The van der Waals surface area contributed by atoms with Crippen molar-refractivity contribution in [3.05, 3.63) is 23.9 Å². The number of ether oxygens (including phenoxy) is 1. The van der Waals surface area contributed by atoms with E-state index in [0.717, 1.165) is 31.8 Å². The number of nitrogens with zero attached hydrogens (tertiary/aromatic N) is 2. The van der Waals surface area contributed by atoms with E-state index in [1.807, 2.05) is 18.2 Å². The highest BCUT2D eigenvalue weighted by molar-refractivity contribution is 5.28. The first-order chi connectivity index (χ1) is 8.17. The lowest BCUT2D eigenvalue weighted by Crippen LogP contribution is -2.35. The van der Waals surface area contributed by atoms with Gasteiger partial charge in [0.05, 0.1) is 12.3 Å². The third kappa shape index (κ3) is 4.71. The first kappa shape index (κ1) is 13.9. The summed E-state index contributed by atoms with van der Waals surface area (Å²) in [4.78, 5) is 6.70. The Kier molecular flexibility index (Phi) is 5.94. The largest absolute Gasteiger partial charge is 0.384 e. The molecule has 0 spiro atoms. The molecule has 0 radical (unpaired) electrons. The molecule has 0 saturated heterocycles. The normalized spacial score (nSPS) is 12.9. The minimum absolute atomic E-state index is 0.522. The highest BCUT2D eigenvalue weighted by Gasteiger charge is 2.12. The SMILES string of the molecule is CCC(C)N(CCOC)Cc1cccc(N)n1. The van der Waals surface area contributed by atoms with Crippen LogP contribution in [0.1, 0.15) is 26.0 Å². The molecule has 1 aromatic rings. The van der Waals surface area contributed by atoms with Gasteiger partial charge < -0.3 is 10.5 Å². The van der Waals surface area contributed by atoms with Crippen molar-refractivity contribution < 1.29 is 4.74 Å². The molecule has 0 aliphatic carbocycles. The molecule has 1 unspecified atom stereocenters. The van der Waals surface area contributed by atoms with E-state index in [9.17, 15) is 0 Å². The lowest BCUT2D eigenvalue weighted by Gasteiger charge is -2.27. The molecular formula is C13H23N3O. The Balaban J connectivity index is 2.64. The van der Waals surface area contributed by atoms with Crippen LogP contribution in [-0.2, 0) is 11.3 Å². The van der Waals surface area contributed by atoms with Crippen LogP contribution in [-0.4, -0.2) is 36.2 Å². The summed E-state index contributed by atoms with van der Waals surface area (Å²) in [7, 11) is 1.73. The molecule has 2 N–H and O–H groups in total. The van der Waals surface area contributed by atoms with E-state index >= 15 is 0 Å². The molecule has 0 bridgehead atoms. The van der Waals surface area contributed by atoms with Gasteiger partial charge in [0.1, 0.15) is 5.82 Å². The topological polar surface area (TPSA) is 51.4 Å². The van der Waals surface area contributed by atoms with E-state index in [1.54, 1.807) is 7.11 Å². The maximum absolute atomic E-state index is 5.69. The molecule has 0 amide bonds. The Hall–Kier alpha value is -1.13. The Bertz CT molecular complexity index is 330. The summed E-state index contributed by atoms with van der Waals surface area (Å²) in [5.74, 6) is 0.582. The summed E-state index contributed by atoms with van der Waals surface area (Å²) in [6.45, 7) is 6.90. The van der Waals surface area contributed by atoms with Crippen LogP contribution in [0, 0.1) is 0 Å². The van der Waals surface area contributed by atoms with Crippen LogP contribution in [0.5, 0.6) is 0 Å². The number of pyridine rings is 1. The summed E-state index contributed by atoms with van der Waals surface area (Å²) < 4.78 is 5.14. The lowest BCUT2D eigenvalue weighted by atomic mass is 10.2.